The highest BCUT2D eigenvalue weighted by Crippen LogP contribution is 2.29. The fourth-order valence-electron chi connectivity index (χ4n) is 4.05. The summed E-state index contributed by atoms with van der Waals surface area (Å²) < 4.78 is 43.4. The summed E-state index contributed by atoms with van der Waals surface area (Å²) in [5, 5.41) is 3.18. The Labute approximate surface area is 234 Å². The lowest BCUT2D eigenvalue weighted by atomic mass is 10.1. The number of nitrogens with zero attached hydrogens (tertiary/aromatic N) is 2. The zero-order chi connectivity index (χ0) is 28.9. The van der Waals surface area contributed by atoms with Crippen LogP contribution >= 0.6 is 11.6 Å². The van der Waals surface area contributed by atoms with Gasteiger partial charge in [0.25, 0.3) is 10.0 Å². The number of nitrogens with one attached hydrogen (secondary N) is 1. The van der Waals surface area contributed by atoms with E-state index in [4.69, 9.17) is 11.6 Å². The van der Waals surface area contributed by atoms with Crippen LogP contribution in [-0.4, -0.2) is 43.8 Å². The smallest absolute Gasteiger partial charge is 0.264 e. The van der Waals surface area contributed by atoms with Gasteiger partial charge in [-0.3, -0.25) is 13.9 Å². The number of amides is 2. The molecule has 3 aromatic carbocycles. The lowest BCUT2D eigenvalue weighted by molar-refractivity contribution is -0.139. The molecule has 208 valence electrons. The molecule has 1 atom stereocenters. The maximum absolute atomic E-state index is 14.6. The van der Waals surface area contributed by atoms with Crippen molar-refractivity contribution in [2.24, 2.45) is 0 Å². The Morgan fingerprint density at radius 2 is 1.62 bits per heavy atom. The standard InChI is InChI=1S/C29H33ClFN3O4S/c1-19(2)32-29(36)22(5)33(17-23-8-6-7-9-26(23)31)28(35)18-34(27-15-12-24(30)16-21(27)4)39(37,38)25-13-10-20(3)11-14-25/h6-16,19,22H,17-18H2,1-5H3,(H,32,36)/t22-/m1/s1. The third-order valence-electron chi connectivity index (χ3n) is 6.21. The first-order valence-electron chi connectivity index (χ1n) is 12.5. The molecule has 0 saturated heterocycles. The molecule has 0 heterocycles. The average Bonchev–Trinajstić information content (AvgIpc) is 2.86. The molecule has 0 aliphatic heterocycles. The number of benzene rings is 3. The van der Waals surface area contributed by atoms with Crippen molar-refractivity contribution in [1.29, 1.82) is 0 Å². The SMILES string of the molecule is Cc1ccc(S(=O)(=O)N(CC(=O)N(Cc2ccccc2F)[C@H](C)C(=O)NC(C)C)c2ccc(Cl)cc2C)cc1. The van der Waals surface area contributed by atoms with Crippen LogP contribution in [-0.2, 0) is 26.2 Å². The van der Waals surface area contributed by atoms with E-state index < -0.39 is 40.2 Å². The van der Waals surface area contributed by atoms with Crippen LogP contribution < -0.4 is 9.62 Å². The highest BCUT2D eigenvalue weighted by atomic mass is 35.5. The molecular weight excluding hydrogens is 541 g/mol. The quantitative estimate of drug-likeness (QED) is 0.360. The van der Waals surface area contributed by atoms with Gasteiger partial charge in [0.05, 0.1) is 10.6 Å². The topological polar surface area (TPSA) is 86.8 Å². The van der Waals surface area contributed by atoms with Crippen molar-refractivity contribution in [2.45, 2.75) is 58.1 Å². The minimum Gasteiger partial charge on any atom is -0.352 e. The molecule has 10 heteroatoms. The van der Waals surface area contributed by atoms with Gasteiger partial charge in [0.15, 0.2) is 0 Å². The molecular formula is C29H33ClFN3O4S. The van der Waals surface area contributed by atoms with Gasteiger partial charge < -0.3 is 10.2 Å². The number of hydrogen-bond donors (Lipinski definition) is 1. The summed E-state index contributed by atoms with van der Waals surface area (Å²) in [5.74, 6) is -1.65. The second-order valence-electron chi connectivity index (χ2n) is 9.71. The average molecular weight is 574 g/mol. The number of rotatable bonds is 10. The fourth-order valence-corrected chi connectivity index (χ4v) is 5.75. The summed E-state index contributed by atoms with van der Waals surface area (Å²) in [5.41, 5.74) is 1.88. The summed E-state index contributed by atoms with van der Waals surface area (Å²) >= 11 is 6.13. The molecule has 7 nitrogen and oxygen atoms in total. The van der Waals surface area contributed by atoms with E-state index in [1.54, 1.807) is 51.1 Å². The van der Waals surface area contributed by atoms with Gasteiger partial charge in [-0.25, -0.2) is 12.8 Å². The number of sulfonamides is 1. The van der Waals surface area contributed by atoms with Crippen molar-refractivity contribution in [3.8, 4) is 0 Å². The van der Waals surface area contributed by atoms with Gasteiger partial charge in [-0.05, 0) is 76.6 Å². The van der Waals surface area contributed by atoms with Gasteiger partial charge in [-0.1, -0.05) is 47.5 Å². The molecule has 0 aliphatic rings. The van der Waals surface area contributed by atoms with Crippen molar-refractivity contribution in [1.82, 2.24) is 10.2 Å². The first-order chi connectivity index (χ1) is 18.3. The second-order valence-corrected chi connectivity index (χ2v) is 12.0. The maximum Gasteiger partial charge on any atom is 0.264 e. The van der Waals surface area contributed by atoms with Crippen LogP contribution in [0.1, 0.15) is 37.5 Å². The van der Waals surface area contributed by atoms with E-state index in [9.17, 15) is 22.4 Å². The van der Waals surface area contributed by atoms with Crippen LogP contribution in [0.5, 0.6) is 0 Å². The summed E-state index contributed by atoms with van der Waals surface area (Å²) in [7, 11) is -4.21. The van der Waals surface area contributed by atoms with Crippen LogP contribution in [0, 0.1) is 19.7 Å². The van der Waals surface area contributed by atoms with E-state index in [0.29, 0.717) is 10.6 Å². The van der Waals surface area contributed by atoms with Crippen molar-refractivity contribution >= 4 is 39.1 Å². The zero-order valence-corrected chi connectivity index (χ0v) is 24.2. The molecule has 3 rings (SSSR count). The van der Waals surface area contributed by atoms with E-state index in [2.05, 4.69) is 5.32 Å². The third-order valence-corrected chi connectivity index (χ3v) is 8.22. The van der Waals surface area contributed by atoms with Crippen LogP contribution in [0.15, 0.2) is 71.6 Å². The number of carbonyl (C=O) groups excluding carboxylic acids is 2. The van der Waals surface area contributed by atoms with Gasteiger partial charge >= 0.3 is 0 Å². The zero-order valence-electron chi connectivity index (χ0n) is 22.6. The second kappa shape index (κ2) is 12.6. The Morgan fingerprint density at radius 1 is 0.974 bits per heavy atom. The maximum atomic E-state index is 14.6. The van der Waals surface area contributed by atoms with Crippen LogP contribution in [0.3, 0.4) is 0 Å². The molecule has 0 saturated carbocycles. The predicted octanol–water partition coefficient (Wildman–Crippen LogP) is 5.23. The van der Waals surface area contributed by atoms with Crippen molar-refractivity contribution in [3.05, 3.63) is 94.3 Å². The van der Waals surface area contributed by atoms with Gasteiger partial charge in [0, 0.05) is 23.2 Å². The summed E-state index contributed by atoms with van der Waals surface area (Å²) in [6, 6.07) is 15.7. The highest BCUT2D eigenvalue weighted by Gasteiger charge is 2.33. The first-order valence-corrected chi connectivity index (χ1v) is 14.3. The molecule has 0 unspecified atom stereocenters. The number of aryl methyl sites for hydroxylation is 2. The minimum absolute atomic E-state index is 0.00139. The number of halogens is 2. The molecule has 3 aromatic rings. The molecule has 0 fully saturated rings. The van der Waals surface area contributed by atoms with E-state index in [0.717, 1.165) is 9.87 Å². The molecule has 0 radical (unpaired) electrons. The summed E-state index contributed by atoms with van der Waals surface area (Å²) in [6.07, 6.45) is 0. The largest absolute Gasteiger partial charge is 0.352 e. The number of anilines is 1. The van der Waals surface area contributed by atoms with Crippen LogP contribution in [0.2, 0.25) is 5.02 Å². The summed E-state index contributed by atoms with van der Waals surface area (Å²) in [6.45, 7) is 7.79. The summed E-state index contributed by atoms with van der Waals surface area (Å²) in [4.78, 5) is 28.0. The number of hydrogen-bond acceptors (Lipinski definition) is 4. The Bertz CT molecular complexity index is 1450. The molecule has 0 aliphatic carbocycles. The Morgan fingerprint density at radius 3 is 2.21 bits per heavy atom. The first kappa shape index (κ1) is 30.1. The van der Waals surface area contributed by atoms with Crippen LogP contribution in [0.25, 0.3) is 0 Å². The van der Waals surface area contributed by atoms with Crippen molar-refractivity contribution in [2.75, 3.05) is 10.8 Å². The van der Waals surface area contributed by atoms with E-state index in [1.165, 1.54) is 48.2 Å². The highest BCUT2D eigenvalue weighted by molar-refractivity contribution is 7.92. The van der Waals surface area contributed by atoms with Gasteiger partial charge in [0.1, 0.15) is 18.4 Å². The monoisotopic (exact) mass is 573 g/mol. The molecule has 0 spiro atoms. The molecule has 0 bridgehead atoms. The van der Waals surface area contributed by atoms with Crippen molar-refractivity contribution in [3.63, 3.8) is 0 Å². The molecule has 39 heavy (non-hydrogen) atoms. The van der Waals surface area contributed by atoms with E-state index >= 15 is 0 Å². The number of carbonyl (C=O) groups is 2. The van der Waals surface area contributed by atoms with Crippen molar-refractivity contribution < 1.29 is 22.4 Å². The third kappa shape index (κ3) is 7.36. The van der Waals surface area contributed by atoms with Gasteiger partial charge in [-0.15, -0.1) is 0 Å². The Balaban J connectivity index is 2.08. The van der Waals surface area contributed by atoms with Gasteiger partial charge in [-0.2, -0.15) is 0 Å². The molecule has 2 amide bonds. The van der Waals surface area contributed by atoms with E-state index in [-0.39, 0.29) is 28.7 Å². The van der Waals surface area contributed by atoms with Crippen LogP contribution in [0.4, 0.5) is 10.1 Å². The Hall–Kier alpha value is -3.43. The van der Waals surface area contributed by atoms with Gasteiger partial charge in [0.2, 0.25) is 11.8 Å². The molecule has 1 N–H and O–H groups in total. The fraction of sp³-hybridized carbons (Fsp3) is 0.310. The normalized spacial score (nSPS) is 12.2. The lowest BCUT2D eigenvalue weighted by Gasteiger charge is -2.32. The van der Waals surface area contributed by atoms with E-state index in [1.807, 2.05) is 6.92 Å². The lowest BCUT2D eigenvalue weighted by Crippen LogP contribution is -2.52. The Kier molecular flexibility index (Phi) is 9.74. The molecule has 0 aromatic heterocycles. The predicted molar refractivity (Wildman–Crippen MR) is 152 cm³/mol. The minimum atomic E-state index is -4.21.